The average molecular weight is 377 g/mol. The molecule has 1 heterocycles. The molecule has 2 aromatic carbocycles. The van der Waals surface area contributed by atoms with Gasteiger partial charge in [-0.25, -0.2) is 4.68 Å². The summed E-state index contributed by atoms with van der Waals surface area (Å²) < 4.78 is 50.0. The lowest BCUT2D eigenvalue weighted by Gasteiger charge is -2.09. The van der Waals surface area contributed by atoms with E-state index in [4.69, 9.17) is 9.47 Å². The molecule has 0 spiro atoms. The molecule has 0 amide bonds. The fourth-order valence-electron chi connectivity index (χ4n) is 2.32. The number of ether oxygens (including phenoxy) is 2. The first-order chi connectivity index (χ1) is 12.9. The number of hydrogen-bond donors (Lipinski definition) is 0. The number of aldehydes is 1. The Balaban J connectivity index is 1.72. The molecule has 0 N–H and O–H groups in total. The smallest absolute Gasteiger partial charge is 0.416 e. The van der Waals surface area contributed by atoms with Gasteiger partial charge in [0.2, 0.25) is 0 Å². The predicted molar refractivity (Wildman–Crippen MR) is 89.1 cm³/mol. The zero-order valence-corrected chi connectivity index (χ0v) is 14.1. The summed E-state index contributed by atoms with van der Waals surface area (Å²) in [6, 6.07) is 9.30. The number of hydrogen-bond acceptors (Lipinski definition) is 5. The van der Waals surface area contributed by atoms with E-state index >= 15 is 0 Å². The van der Waals surface area contributed by atoms with Crippen LogP contribution in [0.2, 0.25) is 0 Å². The van der Waals surface area contributed by atoms with Crippen LogP contribution in [0.1, 0.15) is 21.6 Å². The highest BCUT2D eigenvalue weighted by molar-refractivity contribution is 5.76. The van der Waals surface area contributed by atoms with Crippen LogP contribution in [0, 0.1) is 0 Å². The number of carbonyl (C=O) groups is 1. The minimum Gasteiger partial charge on any atom is -0.493 e. The molecule has 0 aliphatic heterocycles. The van der Waals surface area contributed by atoms with Crippen molar-refractivity contribution in [2.45, 2.75) is 12.8 Å². The molecule has 3 aromatic rings. The highest BCUT2D eigenvalue weighted by Crippen LogP contribution is 2.30. The Morgan fingerprint density at radius 3 is 2.48 bits per heavy atom. The number of rotatable bonds is 6. The first kappa shape index (κ1) is 18.4. The van der Waals surface area contributed by atoms with E-state index in [2.05, 4.69) is 10.3 Å². The Morgan fingerprint density at radius 2 is 1.85 bits per heavy atom. The van der Waals surface area contributed by atoms with Gasteiger partial charge in [-0.2, -0.15) is 13.2 Å². The fourth-order valence-corrected chi connectivity index (χ4v) is 2.32. The van der Waals surface area contributed by atoms with E-state index in [1.807, 2.05) is 0 Å². The van der Waals surface area contributed by atoms with Crippen molar-refractivity contribution in [2.75, 3.05) is 7.11 Å². The zero-order valence-electron chi connectivity index (χ0n) is 14.1. The number of aromatic nitrogens is 3. The molecule has 0 bridgehead atoms. The molecule has 1 aromatic heterocycles. The van der Waals surface area contributed by atoms with Gasteiger partial charge in [-0.15, -0.1) is 5.10 Å². The second-order valence-corrected chi connectivity index (χ2v) is 5.52. The zero-order chi connectivity index (χ0) is 19.4. The number of nitrogens with zero attached hydrogens (tertiary/aromatic N) is 3. The first-order valence-corrected chi connectivity index (χ1v) is 7.75. The van der Waals surface area contributed by atoms with Gasteiger partial charge in [-0.3, -0.25) is 4.79 Å². The molecule has 0 saturated heterocycles. The third-order valence-corrected chi connectivity index (χ3v) is 3.70. The van der Waals surface area contributed by atoms with Gasteiger partial charge < -0.3 is 9.47 Å². The highest BCUT2D eigenvalue weighted by Gasteiger charge is 2.30. The molecule has 0 radical (unpaired) electrons. The van der Waals surface area contributed by atoms with Crippen LogP contribution in [0.5, 0.6) is 11.5 Å². The normalized spacial score (nSPS) is 11.3. The minimum absolute atomic E-state index is 0.0410. The average Bonchev–Trinajstić information content (AvgIpc) is 3.14. The second-order valence-electron chi connectivity index (χ2n) is 5.52. The molecule has 3 rings (SSSR count). The maximum Gasteiger partial charge on any atom is 0.416 e. The lowest BCUT2D eigenvalue weighted by atomic mass is 10.2. The van der Waals surface area contributed by atoms with Crippen LogP contribution in [0.4, 0.5) is 13.2 Å². The number of halogens is 3. The Kier molecular flexibility index (Phi) is 5.11. The topological polar surface area (TPSA) is 66.2 Å². The van der Waals surface area contributed by atoms with Gasteiger partial charge in [0.15, 0.2) is 11.5 Å². The Labute approximate surface area is 152 Å². The van der Waals surface area contributed by atoms with Crippen molar-refractivity contribution in [3.05, 3.63) is 65.5 Å². The van der Waals surface area contributed by atoms with Gasteiger partial charge >= 0.3 is 6.18 Å². The number of methoxy groups -OCH3 is 1. The fraction of sp³-hybridized carbons (Fsp3) is 0.167. The van der Waals surface area contributed by atoms with Crippen molar-refractivity contribution >= 4 is 6.29 Å². The van der Waals surface area contributed by atoms with Crippen LogP contribution in [-0.4, -0.2) is 28.4 Å². The summed E-state index contributed by atoms with van der Waals surface area (Å²) in [6.07, 6.45) is -2.17. The van der Waals surface area contributed by atoms with Crippen molar-refractivity contribution in [1.82, 2.24) is 15.0 Å². The monoisotopic (exact) mass is 377 g/mol. The largest absolute Gasteiger partial charge is 0.493 e. The summed E-state index contributed by atoms with van der Waals surface area (Å²) in [7, 11) is 1.48. The SMILES string of the molecule is COc1ccc(C=O)cc1OCc1cn(-c2ccc(C(F)(F)F)cc2)nn1. The van der Waals surface area contributed by atoms with Crippen molar-refractivity contribution in [3.8, 4) is 17.2 Å². The highest BCUT2D eigenvalue weighted by atomic mass is 19.4. The molecule has 0 saturated carbocycles. The second kappa shape index (κ2) is 7.48. The van der Waals surface area contributed by atoms with Crippen molar-refractivity contribution < 1.29 is 27.4 Å². The van der Waals surface area contributed by atoms with Gasteiger partial charge in [0, 0.05) is 5.56 Å². The molecule has 0 unspecified atom stereocenters. The van der Waals surface area contributed by atoms with E-state index in [1.54, 1.807) is 18.3 Å². The number of alkyl halides is 3. The van der Waals surface area contributed by atoms with Crippen LogP contribution < -0.4 is 9.47 Å². The van der Waals surface area contributed by atoms with Crippen molar-refractivity contribution in [2.24, 2.45) is 0 Å². The molecule has 27 heavy (non-hydrogen) atoms. The van der Waals surface area contributed by atoms with Gasteiger partial charge in [0.1, 0.15) is 18.6 Å². The van der Waals surface area contributed by atoms with Crippen LogP contribution in [-0.2, 0) is 12.8 Å². The quantitative estimate of drug-likeness (QED) is 0.613. The van der Waals surface area contributed by atoms with Gasteiger partial charge in [-0.05, 0) is 42.5 Å². The van der Waals surface area contributed by atoms with E-state index in [0.717, 1.165) is 12.1 Å². The molecule has 0 aliphatic carbocycles. The lowest BCUT2D eigenvalue weighted by Crippen LogP contribution is -2.05. The standard InChI is InChI=1S/C18H14F3N3O3/c1-26-16-7-2-12(10-25)8-17(16)27-11-14-9-24(23-22-14)15-5-3-13(4-6-15)18(19,20)21/h2-10H,11H2,1H3. The Hall–Kier alpha value is -3.36. The molecule has 0 aliphatic rings. The van der Waals surface area contributed by atoms with E-state index in [0.29, 0.717) is 34.7 Å². The van der Waals surface area contributed by atoms with E-state index in [-0.39, 0.29) is 6.61 Å². The Bertz CT molecular complexity index is 937. The lowest BCUT2D eigenvalue weighted by molar-refractivity contribution is -0.137. The summed E-state index contributed by atoms with van der Waals surface area (Å²) in [6.45, 7) is 0.0410. The van der Waals surface area contributed by atoms with Crippen LogP contribution >= 0.6 is 0 Å². The molecule has 0 fully saturated rings. The Morgan fingerprint density at radius 1 is 1.11 bits per heavy atom. The van der Waals surface area contributed by atoms with Crippen LogP contribution in [0.25, 0.3) is 5.69 Å². The summed E-state index contributed by atoms with van der Waals surface area (Å²) in [5.74, 6) is 0.821. The maximum atomic E-state index is 12.6. The van der Waals surface area contributed by atoms with Crippen LogP contribution in [0.15, 0.2) is 48.7 Å². The van der Waals surface area contributed by atoms with Crippen molar-refractivity contribution in [1.29, 1.82) is 0 Å². The number of carbonyl (C=O) groups excluding carboxylic acids is 1. The molecule has 0 atom stereocenters. The third-order valence-electron chi connectivity index (χ3n) is 3.70. The van der Waals surface area contributed by atoms with E-state index in [9.17, 15) is 18.0 Å². The maximum absolute atomic E-state index is 12.6. The van der Waals surface area contributed by atoms with E-state index in [1.165, 1.54) is 30.0 Å². The van der Waals surface area contributed by atoms with E-state index < -0.39 is 11.7 Å². The summed E-state index contributed by atoms with van der Waals surface area (Å²) in [5.41, 5.74) is 0.576. The van der Waals surface area contributed by atoms with Gasteiger partial charge in [0.25, 0.3) is 0 Å². The number of benzene rings is 2. The minimum atomic E-state index is -4.39. The summed E-state index contributed by atoms with van der Waals surface area (Å²) in [5, 5.41) is 7.82. The molecular formula is C18H14F3N3O3. The molecule has 9 heteroatoms. The van der Waals surface area contributed by atoms with Crippen molar-refractivity contribution in [3.63, 3.8) is 0 Å². The molecular weight excluding hydrogens is 363 g/mol. The van der Waals surface area contributed by atoms with Gasteiger partial charge in [0.05, 0.1) is 24.6 Å². The van der Waals surface area contributed by atoms with Crippen LogP contribution in [0.3, 0.4) is 0 Å². The van der Waals surface area contributed by atoms with Gasteiger partial charge in [-0.1, -0.05) is 5.21 Å². The first-order valence-electron chi connectivity index (χ1n) is 7.75. The molecule has 6 nitrogen and oxygen atoms in total. The predicted octanol–water partition coefficient (Wildman–Crippen LogP) is 3.69. The summed E-state index contributed by atoms with van der Waals surface area (Å²) in [4.78, 5) is 10.9. The summed E-state index contributed by atoms with van der Waals surface area (Å²) >= 11 is 0. The molecule has 140 valence electrons. The third kappa shape index (κ3) is 4.25.